The zero-order chi connectivity index (χ0) is 11.4. The van der Waals surface area contributed by atoms with Gasteiger partial charge in [-0.25, -0.2) is 0 Å². The fourth-order valence-corrected chi connectivity index (χ4v) is 3.11. The second-order valence-electron chi connectivity index (χ2n) is 4.67. The van der Waals surface area contributed by atoms with E-state index in [4.69, 9.17) is 5.73 Å². The number of hydrogen-bond acceptors (Lipinski definition) is 3. The van der Waals surface area contributed by atoms with Crippen molar-refractivity contribution in [2.45, 2.75) is 12.5 Å². The highest BCUT2D eigenvalue weighted by Crippen LogP contribution is 2.20. The normalized spacial score (nSPS) is 21.6. The van der Waals surface area contributed by atoms with E-state index in [-0.39, 0.29) is 5.54 Å². The van der Waals surface area contributed by atoms with Crippen LogP contribution < -0.4 is 5.73 Å². The molecule has 1 aliphatic rings. The summed E-state index contributed by atoms with van der Waals surface area (Å²) < 4.78 is 0. The summed E-state index contributed by atoms with van der Waals surface area (Å²) in [6, 6.07) is 10.4. The van der Waals surface area contributed by atoms with E-state index in [1.54, 1.807) is 0 Å². The van der Waals surface area contributed by atoms with Gasteiger partial charge in [0.1, 0.15) is 0 Å². The van der Waals surface area contributed by atoms with Gasteiger partial charge < -0.3 is 5.73 Å². The van der Waals surface area contributed by atoms with Crippen LogP contribution in [-0.2, 0) is 5.54 Å². The Labute approximate surface area is 102 Å². The highest BCUT2D eigenvalue weighted by atomic mass is 32.2. The lowest BCUT2D eigenvalue weighted by Gasteiger charge is -2.34. The van der Waals surface area contributed by atoms with E-state index in [1.807, 2.05) is 17.8 Å². The van der Waals surface area contributed by atoms with Gasteiger partial charge in [0, 0.05) is 31.1 Å². The first-order chi connectivity index (χ1) is 7.68. The highest BCUT2D eigenvalue weighted by Gasteiger charge is 2.25. The molecular weight excluding hydrogens is 216 g/mol. The minimum absolute atomic E-state index is 0.233. The van der Waals surface area contributed by atoms with Crippen LogP contribution in [0.25, 0.3) is 0 Å². The molecule has 2 rings (SSSR count). The molecule has 0 radical (unpaired) electrons. The SMILES string of the molecule is CC(N)(CN1CCSCC1)c1ccccc1. The molecular formula is C13H20N2S. The van der Waals surface area contributed by atoms with Gasteiger partial charge in [-0.1, -0.05) is 30.3 Å². The van der Waals surface area contributed by atoms with Crippen molar-refractivity contribution in [3.8, 4) is 0 Å². The van der Waals surface area contributed by atoms with Crippen molar-refractivity contribution in [2.75, 3.05) is 31.1 Å². The molecule has 16 heavy (non-hydrogen) atoms. The maximum atomic E-state index is 6.42. The summed E-state index contributed by atoms with van der Waals surface area (Å²) in [4.78, 5) is 2.48. The Kier molecular flexibility index (Phi) is 3.90. The van der Waals surface area contributed by atoms with Gasteiger partial charge in [0.25, 0.3) is 0 Å². The molecule has 88 valence electrons. The van der Waals surface area contributed by atoms with Crippen LogP contribution in [0.1, 0.15) is 12.5 Å². The average Bonchev–Trinajstić information content (AvgIpc) is 2.31. The van der Waals surface area contributed by atoms with Gasteiger partial charge >= 0.3 is 0 Å². The summed E-state index contributed by atoms with van der Waals surface area (Å²) in [6.07, 6.45) is 0. The predicted molar refractivity (Wildman–Crippen MR) is 71.7 cm³/mol. The van der Waals surface area contributed by atoms with Gasteiger partial charge in [-0.15, -0.1) is 0 Å². The van der Waals surface area contributed by atoms with Gasteiger partial charge in [0.15, 0.2) is 0 Å². The van der Waals surface area contributed by atoms with E-state index < -0.39 is 0 Å². The lowest BCUT2D eigenvalue weighted by Crippen LogP contribution is -2.47. The Hall–Kier alpha value is -0.510. The summed E-state index contributed by atoms with van der Waals surface area (Å²) in [7, 11) is 0. The molecule has 0 spiro atoms. The Balaban J connectivity index is 2.01. The minimum Gasteiger partial charge on any atom is -0.321 e. The summed E-state index contributed by atoms with van der Waals surface area (Å²) in [6.45, 7) is 5.43. The molecule has 0 bridgehead atoms. The zero-order valence-corrected chi connectivity index (χ0v) is 10.7. The van der Waals surface area contributed by atoms with Crippen LogP contribution in [0.4, 0.5) is 0 Å². The Morgan fingerprint density at radius 1 is 1.25 bits per heavy atom. The molecule has 1 unspecified atom stereocenters. The highest BCUT2D eigenvalue weighted by molar-refractivity contribution is 7.99. The summed E-state index contributed by atoms with van der Waals surface area (Å²) in [5.74, 6) is 2.48. The van der Waals surface area contributed by atoms with Crippen molar-refractivity contribution in [1.82, 2.24) is 4.90 Å². The van der Waals surface area contributed by atoms with Crippen molar-refractivity contribution in [3.05, 3.63) is 35.9 Å². The molecule has 0 amide bonds. The van der Waals surface area contributed by atoms with E-state index in [2.05, 4.69) is 36.1 Å². The molecule has 3 heteroatoms. The third-order valence-electron chi connectivity index (χ3n) is 3.09. The largest absolute Gasteiger partial charge is 0.321 e. The fourth-order valence-electron chi connectivity index (χ4n) is 2.13. The maximum absolute atomic E-state index is 6.42. The number of nitrogens with two attached hydrogens (primary N) is 1. The van der Waals surface area contributed by atoms with Gasteiger partial charge in [-0.2, -0.15) is 11.8 Å². The molecule has 2 N–H and O–H groups in total. The van der Waals surface area contributed by atoms with Crippen molar-refractivity contribution in [3.63, 3.8) is 0 Å². The van der Waals surface area contributed by atoms with Crippen molar-refractivity contribution >= 4 is 11.8 Å². The first-order valence-electron chi connectivity index (χ1n) is 5.83. The molecule has 2 nitrogen and oxygen atoms in total. The standard InChI is InChI=1S/C13H20N2S/c1-13(14,12-5-3-2-4-6-12)11-15-7-9-16-10-8-15/h2-6H,7-11,14H2,1H3. The zero-order valence-electron chi connectivity index (χ0n) is 9.86. The lowest BCUT2D eigenvalue weighted by atomic mass is 9.92. The molecule has 1 saturated heterocycles. The quantitative estimate of drug-likeness (QED) is 0.869. The average molecular weight is 236 g/mol. The maximum Gasteiger partial charge on any atom is 0.0509 e. The monoisotopic (exact) mass is 236 g/mol. The van der Waals surface area contributed by atoms with Crippen molar-refractivity contribution < 1.29 is 0 Å². The topological polar surface area (TPSA) is 29.3 Å². The fraction of sp³-hybridized carbons (Fsp3) is 0.538. The van der Waals surface area contributed by atoms with E-state index in [9.17, 15) is 0 Å². The Morgan fingerprint density at radius 2 is 1.88 bits per heavy atom. The summed E-state index contributed by atoms with van der Waals surface area (Å²) >= 11 is 2.04. The van der Waals surface area contributed by atoms with Crippen LogP contribution >= 0.6 is 11.8 Å². The number of benzene rings is 1. The second kappa shape index (κ2) is 5.21. The van der Waals surface area contributed by atoms with Crippen LogP contribution in [0.3, 0.4) is 0 Å². The second-order valence-corrected chi connectivity index (χ2v) is 5.90. The van der Waals surface area contributed by atoms with Gasteiger partial charge in [0.05, 0.1) is 5.54 Å². The van der Waals surface area contributed by atoms with Crippen LogP contribution in [0.2, 0.25) is 0 Å². The molecule has 0 aromatic heterocycles. The molecule has 1 fully saturated rings. The predicted octanol–water partition coefficient (Wildman–Crippen LogP) is 1.91. The minimum atomic E-state index is -0.233. The van der Waals surface area contributed by atoms with Crippen molar-refractivity contribution in [2.24, 2.45) is 5.73 Å². The van der Waals surface area contributed by atoms with E-state index in [0.717, 1.165) is 6.54 Å². The molecule has 1 atom stereocenters. The third-order valence-corrected chi connectivity index (χ3v) is 4.03. The first kappa shape index (κ1) is 12.0. The number of nitrogens with zero attached hydrogens (tertiary/aromatic N) is 1. The van der Waals surface area contributed by atoms with Gasteiger partial charge in [-0.05, 0) is 12.5 Å². The molecule has 0 aliphatic carbocycles. The molecule has 1 aromatic rings. The third kappa shape index (κ3) is 3.00. The molecule has 0 saturated carbocycles. The van der Waals surface area contributed by atoms with Crippen LogP contribution in [0.5, 0.6) is 0 Å². The van der Waals surface area contributed by atoms with E-state index in [1.165, 1.54) is 30.2 Å². The number of hydrogen-bond donors (Lipinski definition) is 1. The van der Waals surface area contributed by atoms with Gasteiger partial charge in [-0.3, -0.25) is 4.90 Å². The first-order valence-corrected chi connectivity index (χ1v) is 6.98. The van der Waals surface area contributed by atoms with E-state index in [0.29, 0.717) is 0 Å². The molecule has 1 aromatic carbocycles. The summed E-state index contributed by atoms with van der Waals surface area (Å²) in [5.41, 5.74) is 7.42. The molecule has 1 aliphatic heterocycles. The summed E-state index contributed by atoms with van der Waals surface area (Å²) in [5, 5.41) is 0. The van der Waals surface area contributed by atoms with Crippen LogP contribution in [-0.4, -0.2) is 36.0 Å². The number of thioether (sulfide) groups is 1. The lowest BCUT2D eigenvalue weighted by molar-refractivity contribution is 0.236. The van der Waals surface area contributed by atoms with Crippen molar-refractivity contribution in [1.29, 1.82) is 0 Å². The van der Waals surface area contributed by atoms with Crippen LogP contribution in [0, 0.1) is 0 Å². The number of rotatable bonds is 3. The molecule has 1 heterocycles. The Morgan fingerprint density at radius 3 is 2.50 bits per heavy atom. The smallest absolute Gasteiger partial charge is 0.0509 e. The van der Waals surface area contributed by atoms with Crippen LogP contribution in [0.15, 0.2) is 30.3 Å². The van der Waals surface area contributed by atoms with Gasteiger partial charge in [0.2, 0.25) is 0 Å². The Bertz CT molecular complexity index is 318. The van der Waals surface area contributed by atoms with E-state index >= 15 is 0 Å².